The zero-order valence-electron chi connectivity index (χ0n) is 9.57. The number of hydrogen-bond donors (Lipinski definition) is 1. The Morgan fingerprint density at radius 2 is 2.19 bits per heavy atom. The Morgan fingerprint density at radius 1 is 1.38 bits per heavy atom. The highest BCUT2D eigenvalue weighted by atomic mass is 16.5. The first-order chi connectivity index (χ1) is 7.74. The van der Waals surface area contributed by atoms with Crippen molar-refractivity contribution in [3.05, 3.63) is 30.0 Å². The van der Waals surface area contributed by atoms with E-state index < -0.39 is 0 Å². The Kier molecular flexibility index (Phi) is 2.81. The molecule has 0 aliphatic rings. The highest BCUT2D eigenvalue weighted by molar-refractivity contribution is 5.62. The molecule has 0 spiro atoms. The molecule has 1 heterocycles. The van der Waals surface area contributed by atoms with Gasteiger partial charge in [0, 0.05) is 12.6 Å². The van der Waals surface area contributed by atoms with Gasteiger partial charge in [-0.1, -0.05) is 0 Å². The Balaban J connectivity index is 2.37. The fourth-order valence-corrected chi connectivity index (χ4v) is 1.56. The van der Waals surface area contributed by atoms with E-state index in [1.165, 1.54) is 0 Å². The van der Waals surface area contributed by atoms with E-state index in [-0.39, 0.29) is 0 Å². The molecule has 4 nitrogen and oxygen atoms in total. The van der Waals surface area contributed by atoms with Crippen molar-refractivity contribution >= 4 is 6.01 Å². The lowest BCUT2D eigenvalue weighted by atomic mass is 10.1. The summed E-state index contributed by atoms with van der Waals surface area (Å²) in [7, 11) is 3.44. The number of anilines is 1. The molecule has 2 aromatic rings. The summed E-state index contributed by atoms with van der Waals surface area (Å²) >= 11 is 0. The van der Waals surface area contributed by atoms with E-state index in [0.29, 0.717) is 6.01 Å². The van der Waals surface area contributed by atoms with Crippen LogP contribution < -0.4 is 10.1 Å². The molecule has 16 heavy (non-hydrogen) atoms. The van der Waals surface area contributed by atoms with Gasteiger partial charge >= 0.3 is 0 Å². The van der Waals surface area contributed by atoms with Crippen LogP contribution in [0.1, 0.15) is 5.56 Å². The van der Waals surface area contributed by atoms with Crippen molar-refractivity contribution < 1.29 is 9.15 Å². The fraction of sp³-hybridized carbons (Fsp3) is 0.250. The quantitative estimate of drug-likeness (QED) is 0.860. The van der Waals surface area contributed by atoms with E-state index in [1.54, 1.807) is 20.4 Å². The SMILES string of the molecule is CNc1nc(-c2ccc(OC)c(C)c2)co1. The number of aryl methyl sites for hydroxylation is 1. The smallest absolute Gasteiger partial charge is 0.294 e. The maximum absolute atomic E-state index is 5.21. The molecule has 1 N–H and O–H groups in total. The number of methoxy groups -OCH3 is 1. The van der Waals surface area contributed by atoms with Gasteiger partial charge in [0.1, 0.15) is 17.7 Å². The molecule has 0 radical (unpaired) electrons. The Hall–Kier alpha value is -1.97. The molecule has 0 aliphatic heterocycles. The number of nitrogens with one attached hydrogen (secondary N) is 1. The van der Waals surface area contributed by atoms with E-state index in [2.05, 4.69) is 10.3 Å². The van der Waals surface area contributed by atoms with Gasteiger partial charge in [-0.25, -0.2) is 0 Å². The highest BCUT2D eigenvalue weighted by Crippen LogP contribution is 2.26. The predicted molar refractivity (Wildman–Crippen MR) is 62.8 cm³/mol. The lowest BCUT2D eigenvalue weighted by molar-refractivity contribution is 0.412. The average Bonchev–Trinajstić information content (AvgIpc) is 2.77. The predicted octanol–water partition coefficient (Wildman–Crippen LogP) is 2.70. The zero-order valence-corrected chi connectivity index (χ0v) is 9.57. The molecule has 0 unspecified atom stereocenters. The summed E-state index contributed by atoms with van der Waals surface area (Å²) < 4.78 is 10.4. The van der Waals surface area contributed by atoms with Crippen molar-refractivity contribution in [2.24, 2.45) is 0 Å². The van der Waals surface area contributed by atoms with Crippen LogP contribution in [0.4, 0.5) is 6.01 Å². The van der Waals surface area contributed by atoms with Gasteiger partial charge in [-0.3, -0.25) is 0 Å². The maximum atomic E-state index is 5.21. The number of hydrogen-bond acceptors (Lipinski definition) is 4. The van der Waals surface area contributed by atoms with Crippen LogP contribution >= 0.6 is 0 Å². The maximum Gasteiger partial charge on any atom is 0.294 e. The topological polar surface area (TPSA) is 47.3 Å². The van der Waals surface area contributed by atoms with Crippen LogP contribution in [0, 0.1) is 6.92 Å². The van der Waals surface area contributed by atoms with Crippen LogP contribution in [-0.4, -0.2) is 19.1 Å². The van der Waals surface area contributed by atoms with Crippen molar-refractivity contribution in [2.45, 2.75) is 6.92 Å². The minimum absolute atomic E-state index is 0.517. The Bertz CT molecular complexity index is 492. The zero-order chi connectivity index (χ0) is 11.5. The minimum Gasteiger partial charge on any atom is -0.496 e. The molecule has 4 heteroatoms. The summed E-state index contributed by atoms with van der Waals surface area (Å²) in [4.78, 5) is 4.28. The summed E-state index contributed by atoms with van der Waals surface area (Å²) in [5, 5.41) is 2.85. The van der Waals surface area contributed by atoms with E-state index in [1.807, 2.05) is 25.1 Å². The van der Waals surface area contributed by atoms with Gasteiger partial charge in [0.2, 0.25) is 0 Å². The van der Waals surface area contributed by atoms with Crippen molar-refractivity contribution in [1.29, 1.82) is 0 Å². The molecule has 0 saturated carbocycles. The van der Waals surface area contributed by atoms with Gasteiger partial charge in [-0.2, -0.15) is 4.98 Å². The monoisotopic (exact) mass is 218 g/mol. The van der Waals surface area contributed by atoms with Gasteiger partial charge in [0.25, 0.3) is 6.01 Å². The van der Waals surface area contributed by atoms with Gasteiger partial charge < -0.3 is 14.5 Å². The number of rotatable bonds is 3. The molecule has 0 atom stereocenters. The second-order valence-corrected chi connectivity index (χ2v) is 3.47. The van der Waals surface area contributed by atoms with Crippen LogP contribution in [0.2, 0.25) is 0 Å². The van der Waals surface area contributed by atoms with Gasteiger partial charge in [-0.15, -0.1) is 0 Å². The second-order valence-electron chi connectivity index (χ2n) is 3.47. The van der Waals surface area contributed by atoms with Crippen molar-refractivity contribution in [3.63, 3.8) is 0 Å². The third-order valence-corrected chi connectivity index (χ3v) is 2.41. The molecule has 1 aromatic carbocycles. The van der Waals surface area contributed by atoms with Crippen LogP contribution in [0.3, 0.4) is 0 Å². The molecule has 1 aromatic heterocycles. The molecule has 0 bridgehead atoms. The van der Waals surface area contributed by atoms with Crippen LogP contribution in [0.15, 0.2) is 28.9 Å². The van der Waals surface area contributed by atoms with Crippen molar-refractivity contribution in [2.75, 3.05) is 19.5 Å². The molecule has 2 rings (SSSR count). The Labute approximate surface area is 94.3 Å². The van der Waals surface area contributed by atoms with Crippen molar-refractivity contribution in [1.82, 2.24) is 4.98 Å². The molecule has 0 saturated heterocycles. The van der Waals surface area contributed by atoms with Gasteiger partial charge in [0.15, 0.2) is 0 Å². The van der Waals surface area contributed by atoms with Gasteiger partial charge in [-0.05, 0) is 30.7 Å². The fourth-order valence-electron chi connectivity index (χ4n) is 1.56. The van der Waals surface area contributed by atoms with E-state index in [4.69, 9.17) is 9.15 Å². The third-order valence-electron chi connectivity index (χ3n) is 2.41. The standard InChI is InChI=1S/C12H14N2O2/c1-8-6-9(4-5-11(8)15-3)10-7-16-12(13-2)14-10/h4-7H,1-3H3,(H,13,14). The number of nitrogens with zero attached hydrogens (tertiary/aromatic N) is 1. The Morgan fingerprint density at radius 3 is 2.75 bits per heavy atom. The van der Waals surface area contributed by atoms with Gasteiger partial charge in [0.05, 0.1) is 7.11 Å². The average molecular weight is 218 g/mol. The van der Waals surface area contributed by atoms with Crippen LogP contribution in [0.5, 0.6) is 5.75 Å². The number of oxazole rings is 1. The molecular weight excluding hydrogens is 204 g/mol. The molecular formula is C12H14N2O2. The lowest BCUT2D eigenvalue weighted by Crippen LogP contribution is -1.89. The van der Waals surface area contributed by atoms with E-state index in [9.17, 15) is 0 Å². The first kappa shape index (κ1) is 10.5. The molecule has 0 aliphatic carbocycles. The molecule has 0 fully saturated rings. The normalized spacial score (nSPS) is 10.2. The first-order valence-corrected chi connectivity index (χ1v) is 5.03. The van der Waals surface area contributed by atoms with E-state index >= 15 is 0 Å². The molecule has 0 amide bonds. The summed E-state index contributed by atoms with van der Waals surface area (Å²) in [6.45, 7) is 2.00. The largest absolute Gasteiger partial charge is 0.496 e. The molecule has 84 valence electrons. The van der Waals surface area contributed by atoms with Crippen LogP contribution in [0.25, 0.3) is 11.3 Å². The third kappa shape index (κ3) is 1.86. The summed E-state index contributed by atoms with van der Waals surface area (Å²) in [6, 6.07) is 6.43. The highest BCUT2D eigenvalue weighted by Gasteiger charge is 2.06. The summed E-state index contributed by atoms with van der Waals surface area (Å²) in [5.41, 5.74) is 2.91. The first-order valence-electron chi connectivity index (χ1n) is 5.03. The second kappa shape index (κ2) is 4.26. The summed E-state index contributed by atoms with van der Waals surface area (Å²) in [5.74, 6) is 0.876. The number of aromatic nitrogens is 1. The lowest BCUT2D eigenvalue weighted by Gasteiger charge is -2.05. The van der Waals surface area contributed by atoms with Crippen LogP contribution in [-0.2, 0) is 0 Å². The number of benzene rings is 1. The number of ether oxygens (including phenoxy) is 1. The van der Waals surface area contributed by atoms with E-state index in [0.717, 1.165) is 22.6 Å². The minimum atomic E-state index is 0.517. The summed E-state index contributed by atoms with van der Waals surface area (Å²) in [6.07, 6.45) is 1.63. The van der Waals surface area contributed by atoms with Crippen molar-refractivity contribution in [3.8, 4) is 17.0 Å².